The molecule has 148 valence electrons. The lowest BCUT2D eigenvalue weighted by Crippen LogP contribution is -2.41. The number of rotatable bonds is 4. The van der Waals surface area contributed by atoms with Gasteiger partial charge in [-0.2, -0.15) is 13.2 Å². The van der Waals surface area contributed by atoms with Gasteiger partial charge in [-0.25, -0.2) is 0 Å². The number of hydrogen-bond acceptors (Lipinski definition) is 2. The highest BCUT2D eigenvalue weighted by molar-refractivity contribution is 5.94. The fourth-order valence-electron chi connectivity index (χ4n) is 2.79. The maximum Gasteiger partial charge on any atom is 0.416 e. The lowest BCUT2D eigenvalue weighted by molar-refractivity contribution is -0.137. The number of carbonyl (C=O) groups is 2. The van der Waals surface area contributed by atoms with Crippen LogP contribution in [0.1, 0.15) is 16.7 Å². The minimum atomic E-state index is -4.41. The van der Waals surface area contributed by atoms with Gasteiger partial charge in [0.05, 0.1) is 12.0 Å². The summed E-state index contributed by atoms with van der Waals surface area (Å²) in [5.41, 5.74) is 5.06. The molecule has 3 aromatic carbocycles. The van der Waals surface area contributed by atoms with Gasteiger partial charge in [-0.15, -0.1) is 0 Å². The Morgan fingerprint density at radius 3 is 2.28 bits per heavy atom. The number of carbonyl (C=O) groups excluding carboxylic acids is 2. The zero-order valence-corrected chi connectivity index (χ0v) is 15.2. The molecule has 0 saturated heterocycles. The third-order valence-corrected chi connectivity index (χ3v) is 4.22. The van der Waals surface area contributed by atoms with Gasteiger partial charge in [-0.05, 0) is 40.1 Å². The van der Waals surface area contributed by atoms with Crippen LogP contribution in [0.4, 0.5) is 13.2 Å². The third kappa shape index (κ3) is 5.44. The van der Waals surface area contributed by atoms with Crippen molar-refractivity contribution in [2.24, 2.45) is 0 Å². The average Bonchev–Trinajstić information content (AvgIpc) is 2.71. The molecule has 29 heavy (non-hydrogen) atoms. The minimum absolute atomic E-state index is 0.0876. The zero-order valence-electron chi connectivity index (χ0n) is 15.2. The van der Waals surface area contributed by atoms with E-state index < -0.39 is 23.6 Å². The van der Waals surface area contributed by atoms with Crippen molar-refractivity contribution in [2.75, 3.05) is 0 Å². The number of nitrogens with one attached hydrogen (secondary N) is 2. The molecule has 0 aliphatic carbocycles. The van der Waals surface area contributed by atoms with Crippen LogP contribution in [0, 0.1) is 0 Å². The monoisotopic (exact) mass is 398 g/mol. The van der Waals surface area contributed by atoms with Gasteiger partial charge < -0.3 is 0 Å². The molecule has 4 nitrogen and oxygen atoms in total. The number of benzene rings is 3. The standard InChI is InChI=1S/C22H17F3N2O2/c23-22(24,25)18-11-8-15(9-12-18)10-13-20(28)26-27-21(29)14-17-6-3-5-16-4-1-2-7-19(16)17/h1-13H,14H2,(H,26,28)(H,27,29)/b13-10+. The molecule has 0 unspecified atom stereocenters. The number of halogens is 3. The molecule has 0 heterocycles. The van der Waals surface area contributed by atoms with Crippen LogP contribution >= 0.6 is 0 Å². The second-order valence-corrected chi connectivity index (χ2v) is 6.31. The lowest BCUT2D eigenvalue weighted by Gasteiger charge is -2.08. The van der Waals surface area contributed by atoms with E-state index in [1.165, 1.54) is 18.2 Å². The fourth-order valence-corrected chi connectivity index (χ4v) is 2.79. The van der Waals surface area contributed by atoms with E-state index in [1.54, 1.807) is 0 Å². The van der Waals surface area contributed by atoms with Crippen molar-refractivity contribution >= 4 is 28.7 Å². The molecule has 2 amide bonds. The summed E-state index contributed by atoms with van der Waals surface area (Å²) in [6.45, 7) is 0. The maximum absolute atomic E-state index is 12.5. The van der Waals surface area contributed by atoms with Crippen molar-refractivity contribution in [1.82, 2.24) is 10.9 Å². The Balaban J connectivity index is 1.53. The Morgan fingerprint density at radius 2 is 1.55 bits per heavy atom. The Labute approximate surface area is 165 Å². The molecular formula is C22H17F3N2O2. The first-order valence-electron chi connectivity index (χ1n) is 8.74. The van der Waals surface area contributed by atoms with E-state index in [2.05, 4.69) is 10.9 Å². The molecule has 0 aromatic heterocycles. The maximum atomic E-state index is 12.5. The summed E-state index contributed by atoms with van der Waals surface area (Å²) in [4.78, 5) is 23.9. The van der Waals surface area contributed by atoms with Crippen molar-refractivity contribution in [3.63, 3.8) is 0 Å². The van der Waals surface area contributed by atoms with E-state index >= 15 is 0 Å². The molecule has 0 fully saturated rings. The van der Waals surface area contributed by atoms with Gasteiger partial charge in [0.15, 0.2) is 0 Å². The van der Waals surface area contributed by atoms with Crippen molar-refractivity contribution in [1.29, 1.82) is 0 Å². The van der Waals surface area contributed by atoms with Crippen molar-refractivity contribution in [3.05, 3.63) is 89.5 Å². The van der Waals surface area contributed by atoms with Crippen molar-refractivity contribution < 1.29 is 22.8 Å². The number of hydrazine groups is 1. The molecule has 0 bridgehead atoms. The summed E-state index contributed by atoms with van der Waals surface area (Å²) in [6.07, 6.45) is -1.84. The summed E-state index contributed by atoms with van der Waals surface area (Å²) in [7, 11) is 0. The fraction of sp³-hybridized carbons (Fsp3) is 0.0909. The smallest absolute Gasteiger partial charge is 0.273 e. The van der Waals surface area contributed by atoms with Crippen LogP contribution in [0.3, 0.4) is 0 Å². The predicted octanol–water partition coefficient (Wildman–Crippen LogP) is 4.26. The topological polar surface area (TPSA) is 58.2 Å². The minimum Gasteiger partial charge on any atom is -0.273 e. The van der Waals surface area contributed by atoms with Gasteiger partial charge in [0.2, 0.25) is 5.91 Å². The molecular weight excluding hydrogens is 381 g/mol. The number of alkyl halides is 3. The van der Waals surface area contributed by atoms with E-state index in [-0.39, 0.29) is 6.42 Å². The zero-order chi connectivity index (χ0) is 20.9. The number of amides is 2. The molecule has 7 heteroatoms. The Kier molecular flexibility index (Phi) is 5.97. The van der Waals surface area contributed by atoms with Crippen LogP contribution < -0.4 is 10.9 Å². The van der Waals surface area contributed by atoms with E-state index in [1.807, 2.05) is 42.5 Å². The van der Waals surface area contributed by atoms with E-state index in [9.17, 15) is 22.8 Å². The summed E-state index contributed by atoms with van der Waals surface area (Å²) in [6, 6.07) is 17.7. The highest BCUT2D eigenvalue weighted by Crippen LogP contribution is 2.29. The lowest BCUT2D eigenvalue weighted by atomic mass is 10.0. The van der Waals surface area contributed by atoms with Crippen LogP contribution in [-0.4, -0.2) is 11.8 Å². The molecule has 0 atom stereocenters. The first-order valence-corrected chi connectivity index (χ1v) is 8.74. The molecule has 0 spiro atoms. The molecule has 3 aromatic rings. The summed E-state index contributed by atoms with van der Waals surface area (Å²) >= 11 is 0. The van der Waals surface area contributed by atoms with Crippen LogP contribution in [0.2, 0.25) is 0 Å². The number of fused-ring (bicyclic) bond motifs is 1. The van der Waals surface area contributed by atoms with Crippen molar-refractivity contribution in [2.45, 2.75) is 12.6 Å². The molecule has 0 aliphatic heterocycles. The Bertz CT molecular complexity index is 1050. The van der Waals surface area contributed by atoms with E-state index in [0.29, 0.717) is 5.56 Å². The second-order valence-electron chi connectivity index (χ2n) is 6.31. The van der Waals surface area contributed by atoms with Crippen LogP contribution in [-0.2, 0) is 22.2 Å². The average molecular weight is 398 g/mol. The van der Waals surface area contributed by atoms with Crippen molar-refractivity contribution in [3.8, 4) is 0 Å². The molecule has 2 N–H and O–H groups in total. The van der Waals surface area contributed by atoms with Gasteiger partial charge in [-0.3, -0.25) is 20.4 Å². The van der Waals surface area contributed by atoms with Crippen LogP contribution in [0.25, 0.3) is 16.8 Å². The summed E-state index contributed by atoms with van der Waals surface area (Å²) < 4.78 is 37.6. The van der Waals surface area contributed by atoms with E-state index in [4.69, 9.17) is 0 Å². The van der Waals surface area contributed by atoms with Gasteiger partial charge in [-0.1, -0.05) is 54.6 Å². The normalized spacial score (nSPS) is 11.6. The van der Waals surface area contributed by atoms with Gasteiger partial charge >= 0.3 is 6.18 Å². The SMILES string of the molecule is O=C(/C=C/c1ccc(C(F)(F)F)cc1)NNC(=O)Cc1cccc2ccccc12. The number of hydrogen-bond donors (Lipinski definition) is 2. The van der Waals surface area contributed by atoms with Gasteiger partial charge in [0.1, 0.15) is 0 Å². The highest BCUT2D eigenvalue weighted by atomic mass is 19.4. The van der Waals surface area contributed by atoms with Gasteiger partial charge in [0.25, 0.3) is 5.91 Å². The van der Waals surface area contributed by atoms with Gasteiger partial charge in [0, 0.05) is 6.08 Å². The van der Waals surface area contributed by atoms with E-state index in [0.717, 1.165) is 34.5 Å². The summed E-state index contributed by atoms with van der Waals surface area (Å²) in [5, 5.41) is 1.97. The summed E-state index contributed by atoms with van der Waals surface area (Å²) in [5.74, 6) is -0.992. The Morgan fingerprint density at radius 1 is 0.862 bits per heavy atom. The second kappa shape index (κ2) is 8.60. The van der Waals surface area contributed by atoms with Crippen LogP contribution in [0.5, 0.6) is 0 Å². The predicted molar refractivity (Wildman–Crippen MR) is 104 cm³/mol. The Hall–Kier alpha value is -3.61. The third-order valence-electron chi connectivity index (χ3n) is 4.22. The molecule has 0 saturated carbocycles. The van der Waals surface area contributed by atoms with Crippen LogP contribution in [0.15, 0.2) is 72.8 Å². The molecule has 0 radical (unpaired) electrons. The largest absolute Gasteiger partial charge is 0.416 e. The first-order chi connectivity index (χ1) is 13.8. The molecule has 0 aliphatic rings. The quantitative estimate of drug-likeness (QED) is 0.510. The first kappa shape index (κ1) is 20.1. The highest BCUT2D eigenvalue weighted by Gasteiger charge is 2.29. The molecule has 3 rings (SSSR count).